The van der Waals surface area contributed by atoms with Gasteiger partial charge in [-0.05, 0) is 54.4 Å². The highest BCUT2D eigenvalue weighted by molar-refractivity contribution is 9.10. The van der Waals surface area contributed by atoms with E-state index in [-0.39, 0.29) is 6.04 Å². The van der Waals surface area contributed by atoms with Gasteiger partial charge in [0.1, 0.15) is 6.10 Å². The highest BCUT2D eigenvalue weighted by Crippen LogP contribution is 2.30. The van der Waals surface area contributed by atoms with Gasteiger partial charge in [-0.2, -0.15) is 5.10 Å². The fourth-order valence-electron chi connectivity index (χ4n) is 1.91. The molecule has 1 atom stereocenters. The first-order chi connectivity index (χ1) is 8.50. The molecule has 0 aliphatic heterocycles. The van der Waals surface area contributed by atoms with E-state index in [0.29, 0.717) is 0 Å². The third kappa shape index (κ3) is 2.47. The van der Waals surface area contributed by atoms with Crippen molar-refractivity contribution < 1.29 is 5.11 Å². The summed E-state index contributed by atoms with van der Waals surface area (Å²) in [5.74, 6) is 0. The number of hydrogen-bond donors (Lipinski definition) is 1. The Kier molecular flexibility index (Phi) is 3.82. The van der Waals surface area contributed by atoms with E-state index in [1.54, 1.807) is 12.4 Å². The fraction of sp³-hybridized carbons (Fsp3) is 0.385. The molecule has 0 fully saturated rings. The summed E-state index contributed by atoms with van der Waals surface area (Å²) in [5, 5.41) is 14.8. The van der Waals surface area contributed by atoms with Crippen LogP contribution in [0, 0.1) is 6.92 Å². The molecule has 0 aliphatic rings. The molecule has 5 heteroatoms. The lowest BCUT2D eigenvalue weighted by Crippen LogP contribution is -2.12. The first kappa shape index (κ1) is 13.2. The number of aliphatic hydroxyl groups excluding tert-OH is 1. The molecule has 1 N–H and O–H groups in total. The summed E-state index contributed by atoms with van der Waals surface area (Å²) in [4.78, 5) is 4.14. The van der Waals surface area contributed by atoms with Crippen molar-refractivity contribution in [2.75, 3.05) is 0 Å². The van der Waals surface area contributed by atoms with E-state index in [1.165, 1.54) is 0 Å². The van der Waals surface area contributed by atoms with Crippen LogP contribution in [0.25, 0.3) is 0 Å². The van der Waals surface area contributed by atoms with Gasteiger partial charge >= 0.3 is 0 Å². The third-order valence-electron chi connectivity index (χ3n) is 2.77. The maximum atomic E-state index is 10.5. The molecule has 0 amide bonds. The number of aromatic nitrogens is 3. The summed E-state index contributed by atoms with van der Waals surface area (Å²) in [5.41, 5.74) is 2.49. The molecule has 18 heavy (non-hydrogen) atoms. The predicted octanol–water partition coefficient (Wildman–Crippen LogP) is 3.01. The molecule has 96 valence electrons. The SMILES string of the molecule is Cc1cc(C(O)c2c(Br)cnn2C(C)C)ccn1. The number of hydrogen-bond acceptors (Lipinski definition) is 3. The van der Waals surface area contributed by atoms with Crippen molar-refractivity contribution in [1.29, 1.82) is 0 Å². The van der Waals surface area contributed by atoms with E-state index < -0.39 is 6.10 Å². The molecule has 1 unspecified atom stereocenters. The summed E-state index contributed by atoms with van der Waals surface area (Å²) in [6.45, 7) is 5.98. The van der Waals surface area contributed by atoms with Gasteiger partial charge in [-0.25, -0.2) is 0 Å². The highest BCUT2D eigenvalue weighted by Gasteiger charge is 2.21. The van der Waals surface area contributed by atoms with Crippen molar-refractivity contribution >= 4 is 15.9 Å². The molecule has 0 saturated heterocycles. The number of aliphatic hydroxyl groups is 1. The first-order valence-electron chi connectivity index (χ1n) is 5.84. The fourth-order valence-corrected chi connectivity index (χ4v) is 2.40. The molecule has 0 bridgehead atoms. The molecule has 0 radical (unpaired) electrons. The minimum absolute atomic E-state index is 0.198. The maximum Gasteiger partial charge on any atom is 0.122 e. The zero-order valence-electron chi connectivity index (χ0n) is 10.6. The van der Waals surface area contributed by atoms with Crippen LogP contribution in [0.3, 0.4) is 0 Å². The van der Waals surface area contributed by atoms with E-state index in [9.17, 15) is 5.11 Å². The smallest absolute Gasteiger partial charge is 0.122 e. The molecule has 2 aromatic heterocycles. The molecule has 4 nitrogen and oxygen atoms in total. The second-order valence-electron chi connectivity index (χ2n) is 4.55. The Labute approximate surface area is 115 Å². The van der Waals surface area contributed by atoms with Gasteiger partial charge in [-0.15, -0.1) is 0 Å². The Morgan fingerprint density at radius 1 is 1.39 bits per heavy atom. The summed E-state index contributed by atoms with van der Waals surface area (Å²) in [7, 11) is 0. The van der Waals surface area contributed by atoms with E-state index in [1.807, 2.05) is 37.6 Å². The van der Waals surface area contributed by atoms with Gasteiger partial charge in [0.2, 0.25) is 0 Å². The quantitative estimate of drug-likeness (QED) is 0.948. The second-order valence-corrected chi connectivity index (χ2v) is 5.40. The Hall–Kier alpha value is -1.20. The normalized spacial score (nSPS) is 13.0. The average molecular weight is 310 g/mol. The molecule has 0 spiro atoms. The van der Waals surface area contributed by atoms with E-state index in [2.05, 4.69) is 26.0 Å². The summed E-state index contributed by atoms with van der Waals surface area (Å²) >= 11 is 3.44. The van der Waals surface area contributed by atoms with Gasteiger partial charge in [-0.3, -0.25) is 9.67 Å². The molecular weight excluding hydrogens is 294 g/mol. The standard InChI is InChI=1S/C13H16BrN3O/c1-8(2)17-12(11(14)7-16-17)13(18)10-4-5-15-9(3)6-10/h4-8,13,18H,1-3H3. The van der Waals surface area contributed by atoms with Gasteiger partial charge < -0.3 is 5.11 Å². The van der Waals surface area contributed by atoms with E-state index >= 15 is 0 Å². The molecule has 2 rings (SSSR count). The Balaban J connectivity index is 2.45. The van der Waals surface area contributed by atoms with Crippen LogP contribution < -0.4 is 0 Å². The number of aryl methyl sites for hydroxylation is 1. The van der Waals surface area contributed by atoms with Crippen LogP contribution in [0.4, 0.5) is 0 Å². The highest BCUT2D eigenvalue weighted by atomic mass is 79.9. The number of halogens is 1. The molecule has 2 heterocycles. The van der Waals surface area contributed by atoms with Crippen molar-refractivity contribution in [3.63, 3.8) is 0 Å². The first-order valence-corrected chi connectivity index (χ1v) is 6.63. The van der Waals surface area contributed by atoms with Crippen molar-refractivity contribution in [2.24, 2.45) is 0 Å². The average Bonchev–Trinajstić information content (AvgIpc) is 2.70. The predicted molar refractivity (Wildman–Crippen MR) is 73.3 cm³/mol. The maximum absolute atomic E-state index is 10.5. The molecule has 0 saturated carbocycles. The van der Waals surface area contributed by atoms with Gasteiger partial charge in [0.05, 0.1) is 16.4 Å². The van der Waals surface area contributed by atoms with Crippen LogP contribution >= 0.6 is 15.9 Å². The van der Waals surface area contributed by atoms with Crippen molar-refractivity contribution in [1.82, 2.24) is 14.8 Å². The van der Waals surface area contributed by atoms with Crippen molar-refractivity contribution in [3.05, 3.63) is 46.0 Å². The van der Waals surface area contributed by atoms with Gasteiger partial charge in [-0.1, -0.05) is 0 Å². The number of rotatable bonds is 3. The van der Waals surface area contributed by atoms with Crippen LogP contribution in [-0.2, 0) is 0 Å². The van der Waals surface area contributed by atoms with Gasteiger partial charge in [0.15, 0.2) is 0 Å². The van der Waals surface area contributed by atoms with Crippen LogP contribution in [-0.4, -0.2) is 19.9 Å². The number of nitrogens with zero attached hydrogens (tertiary/aromatic N) is 3. The number of pyridine rings is 1. The summed E-state index contributed by atoms with van der Waals surface area (Å²) < 4.78 is 2.64. The van der Waals surface area contributed by atoms with Crippen LogP contribution in [0.1, 0.15) is 42.9 Å². The molecular formula is C13H16BrN3O. The lowest BCUT2D eigenvalue weighted by molar-refractivity contribution is 0.204. The minimum atomic E-state index is -0.703. The third-order valence-corrected chi connectivity index (χ3v) is 3.38. The monoisotopic (exact) mass is 309 g/mol. The topological polar surface area (TPSA) is 50.9 Å². The van der Waals surface area contributed by atoms with E-state index in [0.717, 1.165) is 21.4 Å². The van der Waals surface area contributed by atoms with Crippen LogP contribution in [0.15, 0.2) is 29.0 Å². The Bertz CT molecular complexity index is 551. The lowest BCUT2D eigenvalue weighted by Gasteiger charge is -2.17. The Morgan fingerprint density at radius 3 is 2.72 bits per heavy atom. The molecule has 0 aromatic carbocycles. The zero-order valence-corrected chi connectivity index (χ0v) is 12.2. The largest absolute Gasteiger partial charge is 0.382 e. The minimum Gasteiger partial charge on any atom is -0.382 e. The van der Waals surface area contributed by atoms with Gasteiger partial charge in [0.25, 0.3) is 0 Å². The van der Waals surface area contributed by atoms with Gasteiger partial charge in [0, 0.05) is 17.9 Å². The van der Waals surface area contributed by atoms with Crippen LogP contribution in [0.2, 0.25) is 0 Å². The Morgan fingerprint density at radius 2 is 2.11 bits per heavy atom. The summed E-state index contributed by atoms with van der Waals surface area (Å²) in [6, 6.07) is 3.90. The van der Waals surface area contributed by atoms with Crippen molar-refractivity contribution in [3.8, 4) is 0 Å². The van der Waals surface area contributed by atoms with Crippen molar-refractivity contribution in [2.45, 2.75) is 32.9 Å². The lowest BCUT2D eigenvalue weighted by atomic mass is 10.1. The zero-order chi connectivity index (χ0) is 13.3. The molecule has 0 aliphatic carbocycles. The van der Waals surface area contributed by atoms with Crippen LogP contribution in [0.5, 0.6) is 0 Å². The second kappa shape index (κ2) is 5.20. The van der Waals surface area contributed by atoms with E-state index in [4.69, 9.17) is 0 Å². The summed E-state index contributed by atoms with van der Waals surface area (Å²) in [6.07, 6.45) is 2.72. The molecule has 2 aromatic rings.